The highest BCUT2D eigenvalue weighted by molar-refractivity contribution is 5.74. The molecular weight excluding hydrogens is 480 g/mol. The second-order valence-electron chi connectivity index (χ2n) is 10.2. The van der Waals surface area contributed by atoms with E-state index in [0.717, 1.165) is 55.0 Å². The Kier molecular flexibility index (Phi) is 8.45. The molecule has 1 aliphatic rings. The molecule has 0 spiro atoms. The molecule has 0 saturated carbocycles. The number of hydrogen-bond donors (Lipinski definition) is 2. The SMILES string of the molecule is C.CC(NCc1ccc(CN(Cc2nc3ccccc3[nH]2)C2CCCc3cccnc32)cc1)c1ccccn1. The maximum atomic E-state index is 4.89. The molecule has 2 atom stereocenters. The molecule has 39 heavy (non-hydrogen) atoms. The fraction of sp³-hybridized carbons (Fsp3) is 0.303. The molecular formula is C33H38N6. The summed E-state index contributed by atoms with van der Waals surface area (Å²) in [5.74, 6) is 0.999. The lowest BCUT2D eigenvalue weighted by Crippen LogP contribution is -2.31. The van der Waals surface area contributed by atoms with E-state index in [1.807, 2.05) is 30.6 Å². The zero-order valence-electron chi connectivity index (χ0n) is 21.8. The van der Waals surface area contributed by atoms with Crippen molar-refractivity contribution in [2.75, 3.05) is 0 Å². The first-order chi connectivity index (χ1) is 18.7. The molecule has 6 heteroatoms. The molecule has 2 aromatic carbocycles. The van der Waals surface area contributed by atoms with E-state index in [4.69, 9.17) is 9.97 Å². The minimum Gasteiger partial charge on any atom is -0.341 e. The van der Waals surface area contributed by atoms with Gasteiger partial charge in [0.1, 0.15) is 5.82 Å². The normalized spacial score (nSPS) is 15.6. The number of benzene rings is 2. The zero-order chi connectivity index (χ0) is 25.7. The molecule has 0 bridgehead atoms. The first-order valence-corrected chi connectivity index (χ1v) is 13.6. The highest BCUT2D eigenvalue weighted by Gasteiger charge is 2.28. The Hall–Kier alpha value is -3.87. The van der Waals surface area contributed by atoms with Crippen molar-refractivity contribution in [3.8, 4) is 0 Å². The van der Waals surface area contributed by atoms with E-state index >= 15 is 0 Å². The van der Waals surface area contributed by atoms with E-state index in [1.165, 1.54) is 28.8 Å². The lowest BCUT2D eigenvalue weighted by Gasteiger charge is -2.34. The molecule has 0 saturated heterocycles. The van der Waals surface area contributed by atoms with Gasteiger partial charge in [-0.3, -0.25) is 14.9 Å². The number of nitrogens with one attached hydrogen (secondary N) is 2. The van der Waals surface area contributed by atoms with Crippen LogP contribution in [-0.4, -0.2) is 24.8 Å². The number of aromatic nitrogens is 4. The van der Waals surface area contributed by atoms with E-state index in [-0.39, 0.29) is 19.5 Å². The number of rotatable bonds is 9. The summed E-state index contributed by atoms with van der Waals surface area (Å²) >= 11 is 0. The molecule has 2 unspecified atom stereocenters. The lowest BCUT2D eigenvalue weighted by atomic mass is 9.90. The monoisotopic (exact) mass is 518 g/mol. The van der Waals surface area contributed by atoms with Crippen molar-refractivity contribution in [2.45, 2.75) is 65.3 Å². The van der Waals surface area contributed by atoms with Crippen molar-refractivity contribution >= 4 is 11.0 Å². The van der Waals surface area contributed by atoms with E-state index < -0.39 is 0 Å². The summed E-state index contributed by atoms with van der Waals surface area (Å²) in [4.78, 5) is 20.3. The average molecular weight is 519 g/mol. The van der Waals surface area contributed by atoms with Crippen LogP contribution in [0.5, 0.6) is 0 Å². The van der Waals surface area contributed by atoms with E-state index in [0.29, 0.717) is 0 Å². The Morgan fingerprint density at radius 2 is 1.69 bits per heavy atom. The van der Waals surface area contributed by atoms with Crippen LogP contribution in [0.3, 0.4) is 0 Å². The first kappa shape index (κ1) is 26.7. The Labute approximate surface area is 231 Å². The van der Waals surface area contributed by atoms with E-state index in [9.17, 15) is 0 Å². The molecule has 0 amide bonds. The number of fused-ring (bicyclic) bond motifs is 2. The quantitative estimate of drug-likeness (QED) is 0.222. The Balaban J connectivity index is 0.00000308. The van der Waals surface area contributed by atoms with Crippen LogP contribution in [0.2, 0.25) is 0 Å². The third-order valence-electron chi connectivity index (χ3n) is 7.55. The summed E-state index contributed by atoms with van der Waals surface area (Å²) < 4.78 is 0. The van der Waals surface area contributed by atoms with Crippen molar-refractivity contribution in [2.24, 2.45) is 0 Å². The summed E-state index contributed by atoms with van der Waals surface area (Å²) in [6.45, 7) is 4.55. The molecule has 3 aromatic heterocycles. The average Bonchev–Trinajstić information content (AvgIpc) is 3.39. The van der Waals surface area contributed by atoms with Gasteiger partial charge in [-0.2, -0.15) is 0 Å². The molecule has 0 fully saturated rings. The summed E-state index contributed by atoms with van der Waals surface area (Å²) in [5.41, 5.74) is 8.33. The minimum atomic E-state index is 0. The van der Waals surface area contributed by atoms with E-state index in [1.54, 1.807) is 0 Å². The molecule has 0 radical (unpaired) electrons. The van der Waals surface area contributed by atoms with Crippen LogP contribution in [0.1, 0.15) is 73.2 Å². The van der Waals surface area contributed by atoms with Gasteiger partial charge in [0.2, 0.25) is 0 Å². The Morgan fingerprint density at radius 3 is 2.51 bits per heavy atom. The highest BCUT2D eigenvalue weighted by atomic mass is 15.2. The van der Waals surface area contributed by atoms with Gasteiger partial charge >= 0.3 is 0 Å². The van der Waals surface area contributed by atoms with Gasteiger partial charge in [0, 0.05) is 31.5 Å². The van der Waals surface area contributed by atoms with Gasteiger partial charge in [-0.25, -0.2) is 4.98 Å². The second-order valence-corrected chi connectivity index (χ2v) is 10.2. The maximum Gasteiger partial charge on any atom is 0.121 e. The van der Waals surface area contributed by atoms with Crippen LogP contribution in [0, 0.1) is 0 Å². The maximum absolute atomic E-state index is 4.89. The van der Waals surface area contributed by atoms with Crippen molar-refractivity contribution < 1.29 is 0 Å². The number of aryl methyl sites for hydroxylation is 1. The van der Waals surface area contributed by atoms with Gasteiger partial charge in [0.05, 0.1) is 35.0 Å². The second kappa shape index (κ2) is 12.3. The van der Waals surface area contributed by atoms with Crippen LogP contribution >= 0.6 is 0 Å². The number of aromatic amines is 1. The fourth-order valence-electron chi connectivity index (χ4n) is 5.49. The summed E-state index contributed by atoms with van der Waals surface area (Å²) in [5, 5.41) is 3.59. The minimum absolute atomic E-state index is 0. The first-order valence-electron chi connectivity index (χ1n) is 13.6. The largest absolute Gasteiger partial charge is 0.341 e. The fourth-order valence-corrected chi connectivity index (χ4v) is 5.49. The highest BCUT2D eigenvalue weighted by Crippen LogP contribution is 2.34. The van der Waals surface area contributed by atoms with Crippen LogP contribution in [-0.2, 0) is 26.1 Å². The van der Waals surface area contributed by atoms with Gasteiger partial charge in [0.25, 0.3) is 0 Å². The van der Waals surface area contributed by atoms with Crippen LogP contribution in [0.25, 0.3) is 11.0 Å². The predicted octanol–water partition coefficient (Wildman–Crippen LogP) is 6.92. The topological polar surface area (TPSA) is 69.7 Å². The van der Waals surface area contributed by atoms with Gasteiger partial charge in [0.15, 0.2) is 0 Å². The summed E-state index contributed by atoms with van der Waals surface area (Å²) in [6.07, 6.45) is 7.18. The molecule has 1 aliphatic carbocycles. The van der Waals surface area contributed by atoms with Gasteiger partial charge in [-0.1, -0.05) is 56.0 Å². The number of pyridine rings is 2. The summed E-state index contributed by atoms with van der Waals surface area (Å²) in [6, 6.07) is 28.1. The Morgan fingerprint density at radius 1 is 0.897 bits per heavy atom. The lowest BCUT2D eigenvalue weighted by molar-refractivity contribution is 0.153. The Bertz CT molecular complexity index is 1440. The van der Waals surface area contributed by atoms with Crippen LogP contribution in [0.4, 0.5) is 0 Å². The molecule has 0 aliphatic heterocycles. The number of H-pyrrole nitrogens is 1. The molecule has 6 rings (SSSR count). The van der Waals surface area contributed by atoms with Gasteiger partial charge in [-0.05, 0) is 73.2 Å². The van der Waals surface area contributed by atoms with Crippen LogP contribution < -0.4 is 5.32 Å². The number of hydrogen-bond acceptors (Lipinski definition) is 5. The predicted molar refractivity (Wildman–Crippen MR) is 158 cm³/mol. The van der Waals surface area contributed by atoms with Crippen molar-refractivity contribution in [1.29, 1.82) is 0 Å². The third kappa shape index (κ3) is 6.24. The standard InChI is InChI=1S/C32H34N6.CH4/c1-23(27-10-4-5-18-33-27)35-20-24-14-16-25(17-15-24)21-38(22-31-36-28-11-2-3-12-29(28)37-31)30-13-6-8-26-9-7-19-34-32(26)30;/h2-5,7,9-12,14-19,23,30,35H,6,8,13,20-22H2,1H3,(H,36,37);1H4. The molecule has 5 aromatic rings. The van der Waals surface area contributed by atoms with Crippen LogP contribution in [0.15, 0.2) is 91.3 Å². The smallest absolute Gasteiger partial charge is 0.121 e. The van der Waals surface area contributed by atoms with Crippen molar-refractivity contribution in [3.05, 3.63) is 125 Å². The van der Waals surface area contributed by atoms with Crippen molar-refractivity contribution in [3.63, 3.8) is 0 Å². The third-order valence-corrected chi connectivity index (χ3v) is 7.55. The number of imidazole rings is 1. The van der Waals surface area contributed by atoms with E-state index in [2.05, 4.69) is 87.8 Å². The molecule has 200 valence electrons. The molecule has 6 nitrogen and oxygen atoms in total. The van der Waals surface area contributed by atoms with Gasteiger partial charge < -0.3 is 10.3 Å². The zero-order valence-corrected chi connectivity index (χ0v) is 21.8. The summed E-state index contributed by atoms with van der Waals surface area (Å²) in [7, 11) is 0. The van der Waals surface area contributed by atoms with Crippen molar-refractivity contribution in [1.82, 2.24) is 30.2 Å². The molecule has 2 N–H and O–H groups in total. The molecule has 3 heterocycles. The number of nitrogens with zero attached hydrogens (tertiary/aromatic N) is 4. The van der Waals surface area contributed by atoms with Gasteiger partial charge in [-0.15, -0.1) is 0 Å². The number of para-hydroxylation sites is 2.